The topological polar surface area (TPSA) is 102 Å². The van der Waals surface area contributed by atoms with Crippen molar-refractivity contribution in [1.82, 2.24) is 0 Å². The molecule has 0 saturated heterocycles. The van der Waals surface area contributed by atoms with E-state index in [1.165, 1.54) is 7.11 Å². The molecular formula is C19H20F3NO6. The summed E-state index contributed by atoms with van der Waals surface area (Å²) in [6, 6.07) is 0. The lowest BCUT2D eigenvalue weighted by Gasteiger charge is -2.20. The van der Waals surface area contributed by atoms with Gasteiger partial charge in [0.25, 0.3) is 0 Å². The number of nitrogens with one attached hydrogen (secondary N) is 1. The Morgan fingerprint density at radius 1 is 1.28 bits per heavy atom. The maximum atomic E-state index is 12.8. The number of allylic oxidation sites excluding steroid dienone is 2. The maximum absolute atomic E-state index is 12.8. The van der Waals surface area contributed by atoms with E-state index in [1.807, 2.05) is 0 Å². The van der Waals surface area contributed by atoms with Crippen molar-refractivity contribution in [3.63, 3.8) is 0 Å². The summed E-state index contributed by atoms with van der Waals surface area (Å²) in [6.45, 7) is 1.53. The van der Waals surface area contributed by atoms with E-state index in [2.05, 4.69) is 0 Å². The van der Waals surface area contributed by atoms with Crippen LogP contribution in [0.25, 0.3) is 0 Å². The van der Waals surface area contributed by atoms with E-state index < -0.39 is 24.0 Å². The maximum Gasteiger partial charge on any atom is 0.471 e. The first-order valence-corrected chi connectivity index (χ1v) is 8.72. The first kappa shape index (κ1) is 22.3. The monoisotopic (exact) mass is 415 g/mol. The Hall–Kier alpha value is -3.04. The highest BCUT2D eigenvalue weighted by atomic mass is 19.4. The SMILES string of the molecule is COc1c(C)c2c(c(NC(=O)C(F)(F)F)c1CC/C=C/CCC(=O)O)C(=O)OC2. The van der Waals surface area contributed by atoms with Crippen molar-refractivity contribution in [1.29, 1.82) is 0 Å². The number of carbonyl (C=O) groups is 3. The van der Waals surface area contributed by atoms with Gasteiger partial charge in [-0.1, -0.05) is 12.2 Å². The number of anilines is 1. The molecule has 0 bridgehead atoms. The van der Waals surface area contributed by atoms with Gasteiger partial charge in [-0.3, -0.25) is 9.59 Å². The van der Waals surface area contributed by atoms with Crippen molar-refractivity contribution in [2.45, 2.75) is 45.4 Å². The Balaban J connectivity index is 2.42. The fourth-order valence-corrected chi connectivity index (χ4v) is 3.09. The molecule has 2 rings (SSSR count). The zero-order valence-corrected chi connectivity index (χ0v) is 15.8. The molecule has 1 aliphatic rings. The van der Waals surface area contributed by atoms with Crippen LogP contribution in [0, 0.1) is 6.92 Å². The summed E-state index contributed by atoms with van der Waals surface area (Å²) in [4.78, 5) is 34.2. The largest absolute Gasteiger partial charge is 0.496 e. The number of hydrogen-bond acceptors (Lipinski definition) is 5. The summed E-state index contributed by atoms with van der Waals surface area (Å²) < 4.78 is 48.7. The van der Waals surface area contributed by atoms with Crippen molar-refractivity contribution in [2.24, 2.45) is 0 Å². The van der Waals surface area contributed by atoms with Crippen molar-refractivity contribution in [3.05, 3.63) is 34.4 Å². The molecule has 1 aromatic rings. The number of halogens is 3. The zero-order chi connectivity index (χ0) is 21.8. The molecule has 2 N–H and O–H groups in total. The van der Waals surface area contributed by atoms with E-state index >= 15 is 0 Å². The molecule has 0 radical (unpaired) electrons. The Morgan fingerprint density at radius 2 is 1.93 bits per heavy atom. The quantitative estimate of drug-likeness (QED) is 0.498. The van der Waals surface area contributed by atoms with Gasteiger partial charge in [0.05, 0.1) is 18.4 Å². The fourth-order valence-electron chi connectivity index (χ4n) is 3.09. The molecular weight excluding hydrogens is 395 g/mol. The second-order valence-electron chi connectivity index (χ2n) is 6.34. The van der Waals surface area contributed by atoms with Gasteiger partial charge in [-0.25, -0.2) is 4.79 Å². The van der Waals surface area contributed by atoms with Crippen LogP contribution in [0.15, 0.2) is 12.2 Å². The van der Waals surface area contributed by atoms with Crippen LogP contribution in [0.3, 0.4) is 0 Å². The number of esters is 1. The third kappa shape index (κ3) is 5.07. The number of alkyl halides is 3. The third-order valence-electron chi connectivity index (χ3n) is 4.43. The highest BCUT2D eigenvalue weighted by Gasteiger charge is 2.41. The first-order chi connectivity index (χ1) is 13.6. The molecule has 1 amide bonds. The summed E-state index contributed by atoms with van der Waals surface area (Å²) in [7, 11) is 1.34. The number of carboxylic acids is 1. The van der Waals surface area contributed by atoms with Gasteiger partial charge in [-0.15, -0.1) is 0 Å². The van der Waals surface area contributed by atoms with E-state index in [9.17, 15) is 27.6 Å². The van der Waals surface area contributed by atoms with Crippen molar-refractivity contribution in [3.8, 4) is 5.75 Å². The number of amides is 1. The summed E-state index contributed by atoms with van der Waals surface area (Å²) in [5.41, 5.74) is 0.772. The molecule has 0 fully saturated rings. The number of aliphatic carboxylic acids is 1. The van der Waals surface area contributed by atoms with Crippen LogP contribution in [0.5, 0.6) is 5.75 Å². The minimum Gasteiger partial charge on any atom is -0.496 e. The van der Waals surface area contributed by atoms with E-state index in [0.29, 0.717) is 24.0 Å². The molecule has 0 unspecified atom stereocenters. The number of fused-ring (bicyclic) bond motifs is 1. The highest BCUT2D eigenvalue weighted by molar-refractivity contribution is 6.06. The first-order valence-electron chi connectivity index (χ1n) is 8.72. The predicted molar refractivity (Wildman–Crippen MR) is 95.9 cm³/mol. The van der Waals surface area contributed by atoms with Crippen molar-refractivity contribution in [2.75, 3.05) is 12.4 Å². The molecule has 0 atom stereocenters. The van der Waals surface area contributed by atoms with E-state index in [-0.39, 0.29) is 42.0 Å². The Kier molecular flexibility index (Phi) is 6.89. The van der Waals surface area contributed by atoms with Gasteiger partial charge in [0.15, 0.2) is 0 Å². The second-order valence-corrected chi connectivity index (χ2v) is 6.34. The number of carbonyl (C=O) groups excluding carboxylic acids is 2. The number of rotatable bonds is 8. The minimum atomic E-state index is -5.14. The summed E-state index contributed by atoms with van der Waals surface area (Å²) in [6.07, 6.45) is -1.07. The molecule has 0 aliphatic carbocycles. The molecule has 7 nitrogen and oxygen atoms in total. The summed E-state index contributed by atoms with van der Waals surface area (Å²) in [5.74, 6) is -3.70. The third-order valence-corrected chi connectivity index (χ3v) is 4.43. The Morgan fingerprint density at radius 3 is 2.52 bits per heavy atom. The Bertz CT molecular complexity index is 861. The molecule has 158 valence electrons. The predicted octanol–water partition coefficient (Wildman–Crippen LogP) is 3.53. The minimum absolute atomic E-state index is 0.0451. The molecule has 0 saturated carbocycles. The van der Waals surface area contributed by atoms with Gasteiger partial charge in [-0.2, -0.15) is 13.2 Å². The van der Waals surface area contributed by atoms with Gasteiger partial charge in [-0.05, 0) is 31.7 Å². The highest BCUT2D eigenvalue weighted by Crippen LogP contribution is 2.42. The van der Waals surface area contributed by atoms with E-state index in [0.717, 1.165) is 0 Å². The average molecular weight is 415 g/mol. The lowest BCUT2D eigenvalue weighted by Crippen LogP contribution is -2.31. The molecule has 1 aliphatic heterocycles. The van der Waals surface area contributed by atoms with Crippen LogP contribution < -0.4 is 10.1 Å². The molecule has 10 heteroatoms. The number of hydrogen-bond donors (Lipinski definition) is 2. The number of cyclic esters (lactones) is 1. The lowest BCUT2D eigenvalue weighted by molar-refractivity contribution is -0.167. The molecule has 1 heterocycles. The fraction of sp³-hybridized carbons (Fsp3) is 0.421. The van der Waals surface area contributed by atoms with Gasteiger partial charge < -0.3 is 19.9 Å². The zero-order valence-electron chi connectivity index (χ0n) is 15.8. The molecule has 29 heavy (non-hydrogen) atoms. The summed E-state index contributed by atoms with van der Waals surface area (Å²) in [5, 5.41) is 10.4. The van der Waals surface area contributed by atoms with Crippen LogP contribution in [0.2, 0.25) is 0 Å². The Labute approximate surface area is 164 Å². The number of benzene rings is 1. The van der Waals surface area contributed by atoms with E-state index in [4.69, 9.17) is 14.6 Å². The number of ether oxygens (including phenoxy) is 2. The van der Waals surface area contributed by atoms with E-state index in [1.54, 1.807) is 24.4 Å². The lowest BCUT2D eigenvalue weighted by atomic mass is 9.93. The average Bonchev–Trinajstić information content (AvgIpc) is 3.01. The number of methoxy groups -OCH3 is 1. The van der Waals surface area contributed by atoms with Gasteiger partial charge in [0, 0.05) is 17.5 Å². The molecule has 0 aromatic heterocycles. The van der Waals surface area contributed by atoms with Crippen LogP contribution in [0.4, 0.5) is 18.9 Å². The van der Waals surface area contributed by atoms with Crippen molar-refractivity contribution >= 4 is 23.5 Å². The number of carboxylic acid groups (broad SMARTS) is 1. The molecule has 0 spiro atoms. The van der Waals surface area contributed by atoms with Crippen molar-refractivity contribution < 1.29 is 42.1 Å². The van der Waals surface area contributed by atoms with Gasteiger partial charge in [0.2, 0.25) is 0 Å². The normalized spacial score (nSPS) is 13.3. The van der Waals surface area contributed by atoms with Gasteiger partial charge >= 0.3 is 24.0 Å². The van der Waals surface area contributed by atoms with Crippen LogP contribution in [-0.4, -0.2) is 36.2 Å². The van der Waals surface area contributed by atoms with Crippen LogP contribution >= 0.6 is 0 Å². The van der Waals surface area contributed by atoms with Crippen LogP contribution in [0.1, 0.15) is 46.3 Å². The summed E-state index contributed by atoms with van der Waals surface area (Å²) >= 11 is 0. The molecule has 1 aromatic carbocycles. The standard InChI is InChI=1S/C19H20F3NO6/c1-10-12-9-29-17(26)14(12)15(23-18(27)19(20,21)22)11(16(10)28-2)7-5-3-4-6-8-13(24)25/h3-4H,5-9H2,1-2H3,(H,23,27)(H,24,25)/b4-3+. The van der Waals surface area contributed by atoms with Gasteiger partial charge in [0.1, 0.15) is 12.4 Å². The smallest absolute Gasteiger partial charge is 0.471 e. The second kappa shape index (κ2) is 8.97. The van der Waals surface area contributed by atoms with Crippen LogP contribution in [-0.2, 0) is 27.4 Å².